The van der Waals surface area contributed by atoms with Crippen LogP contribution >= 0.6 is 0 Å². The van der Waals surface area contributed by atoms with Crippen LogP contribution in [0, 0.1) is 11.6 Å². The molecule has 0 bridgehead atoms. The van der Waals surface area contributed by atoms with Gasteiger partial charge >= 0.3 is 0 Å². The van der Waals surface area contributed by atoms with E-state index in [2.05, 4.69) is 20.5 Å². The second kappa shape index (κ2) is 7.27. The maximum absolute atomic E-state index is 14.3. The third-order valence-electron chi connectivity index (χ3n) is 4.48. The molecule has 0 aliphatic carbocycles. The monoisotopic (exact) mass is 393 g/mol. The first kappa shape index (κ1) is 18.5. The van der Waals surface area contributed by atoms with Crippen molar-refractivity contribution in [3.63, 3.8) is 0 Å². The average Bonchev–Trinajstić information content (AvgIpc) is 3.20. The van der Waals surface area contributed by atoms with Crippen molar-refractivity contribution in [1.82, 2.24) is 25.2 Å². The Hall–Kier alpha value is -3.88. The van der Waals surface area contributed by atoms with Gasteiger partial charge in [-0.2, -0.15) is 4.68 Å². The zero-order valence-corrected chi connectivity index (χ0v) is 15.7. The number of aromatic nitrogens is 5. The van der Waals surface area contributed by atoms with E-state index in [-0.39, 0.29) is 17.3 Å². The van der Waals surface area contributed by atoms with Crippen molar-refractivity contribution in [2.45, 2.75) is 0 Å². The SMILES string of the molecule is CN(C)c1cccc(-c2cnc(N)c(-c3nnnn3-c3cccc(F)c3F)c2)c1. The highest BCUT2D eigenvalue weighted by atomic mass is 19.2. The number of nitrogens with zero attached hydrogens (tertiary/aromatic N) is 6. The Bertz CT molecular complexity index is 1190. The lowest BCUT2D eigenvalue weighted by Gasteiger charge is -2.14. The fraction of sp³-hybridized carbons (Fsp3) is 0.100. The van der Waals surface area contributed by atoms with Crippen LogP contribution in [0.25, 0.3) is 28.2 Å². The van der Waals surface area contributed by atoms with Gasteiger partial charge in [0, 0.05) is 31.5 Å². The van der Waals surface area contributed by atoms with Gasteiger partial charge in [-0.3, -0.25) is 0 Å². The van der Waals surface area contributed by atoms with E-state index in [1.165, 1.54) is 12.1 Å². The first-order valence-electron chi connectivity index (χ1n) is 8.72. The Balaban J connectivity index is 1.84. The summed E-state index contributed by atoms with van der Waals surface area (Å²) in [4.78, 5) is 6.24. The topological polar surface area (TPSA) is 85.8 Å². The lowest BCUT2D eigenvalue weighted by atomic mass is 10.0. The molecule has 2 N–H and O–H groups in total. The zero-order chi connectivity index (χ0) is 20.5. The van der Waals surface area contributed by atoms with Crippen molar-refractivity contribution in [3.05, 3.63) is 66.4 Å². The van der Waals surface area contributed by atoms with E-state index in [1.54, 1.807) is 12.3 Å². The van der Waals surface area contributed by atoms with Crippen LogP contribution in [0.5, 0.6) is 0 Å². The van der Waals surface area contributed by atoms with Gasteiger partial charge < -0.3 is 10.6 Å². The first-order valence-corrected chi connectivity index (χ1v) is 8.72. The number of rotatable bonds is 4. The lowest BCUT2D eigenvalue weighted by Crippen LogP contribution is -2.08. The number of halogens is 2. The molecule has 7 nitrogen and oxygen atoms in total. The molecular formula is C20H17F2N7. The molecule has 0 spiro atoms. The number of nitrogens with two attached hydrogens (primary N) is 1. The van der Waals surface area contributed by atoms with Crippen molar-refractivity contribution in [2.75, 3.05) is 24.7 Å². The second-order valence-electron chi connectivity index (χ2n) is 6.59. The molecule has 2 aromatic carbocycles. The normalized spacial score (nSPS) is 10.9. The van der Waals surface area contributed by atoms with Gasteiger partial charge in [0.2, 0.25) is 0 Å². The molecule has 4 aromatic rings. The number of anilines is 2. The van der Waals surface area contributed by atoms with Gasteiger partial charge in [-0.1, -0.05) is 18.2 Å². The summed E-state index contributed by atoms with van der Waals surface area (Å²) in [5.74, 6) is -1.72. The summed E-state index contributed by atoms with van der Waals surface area (Å²) in [5.41, 5.74) is 9.07. The summed E-state index contributed by atoms with van der Waals surface area (Å²) >= 11 is 0. The molecule has 2 heterocycles. The molecule has 0 amide bonds. The van der Waals surface area contributed by atoms with E-state index in [0.29, 0.717) is 5.56 Å². The summed E-state index contributed by atoms with van der Waals surface area (Å²) in [6.45, 7) is 0. The number of benzene rings is 2. The smallest absolute Gasteiger partial charge is 0.190 e. The molecule has 4 rings (SSSR count). The molecule has 0 radical (unpaired) electrons. The predicted molar refractivity (Wildman–Crippen MR) is 106 cm³/mol. The highest BCUT2D eigenvalue weighted by molar-refractivity contribution is 5.77. The average molecular weight is 393 g/mol. The van der Waals surface area contributed by atoms with Crippen molar-refractivity contribution in [3.8, 4) is 28.2 Å². The molecule has 29 heavy (non-hydrogen) atoms. The highest BCUT2D eigenvalue weighted by Gasteiger charge is 2.19. The van der Waals surface area contributed by atoms with Crippen LogP contribution in [0.1, 0.15) is 0 Å². The zero-order valence-electron chi connectivity index (χ0n) is 15.7. The largest absolute Gasteiger partial charge is 0.383 e. The Morgan fingerprint density at radius 1 is 1.00 bits per heavy atom. The van der Waals surface area contributed by atoms with E-state index < -0.39 is 11.6 Å². The minimum absolute atomic E-state index is 0.121. The van der Waals surface area contributed by atoms with E-state index >= 15 is 0 Å². The number of nitrogen functional groups attached to an aromatic ring is 1. The molecular weight excluding hydrogens is 376 g/mol. The maximum atomic E-state index is 14.3. The summed E-state index contributed by atoms with van der Waals surface area (Å²) in [5, 5.41) is 11.4. The quantitative estimate of drug-likeness (QED) is 0.573. The summed E-state index contributed by atoms with van der Waals surface area (Å²) in [6.07, 6.45) is 1.64. The van der Waals surface area contributed by atoms with Gasteiger partial charge in [0.1, 0.15) is 11.5 Å². The highest BCUT2D eigenvalue weighted by Crippen LogP contribution is 2.31. The third-order valence-corrected chi connectivity index (χ3v) is 4.48. The maximum Gasteiger partial charge on any atom is 0.190 e. The second-order valence-corrected chi connectivity index (χ2v) is 6.59. The first-order chi connectivity index (χ1) is 14.0. The van der Waals surface area contributed by atoms with Crippen LogP contribution in [-0.2, 0) is 0 Å². The van der Waals surface area contributed by atoms with E-state index in [1.807, 2.05) is 43.3 Å². The van der Waals surface area contributed by atoms with Crippen molar-refractivity contribution in [2.24, 2.45) is 0 Å². The fourth-order valence-electron chi connectivity index (χ4n) is 2.95. The van der Waals surface area contributed by atoms with Crippen LogP contribution in [0.3, 0.4) is 0 Å². The minimum atomic E-state index is -1.05. The molecule has 2 aromatic heterocycles. The van der Waals surface area contributed by atoms with Crippen molar-refractivity contribution < 1.29 is 8.78 Å². The predicted octanol–water partition coefficient (Wildman–Crippen LogP) is 3.32. The standard InChI is InChI=1S/C20H17F2N7/c1-28(2)14-6-3-5-12(9-14)13-10-15(19(23)24-11-13)20-25-26-27-29(20)17-8-4-7-16(21)18(17)22/h3-11H,1-2H3,(H2,23,24). The van der Waals surface area contributed by atoms with E-state index in [0.717, 1.165) is 27.6 Å². The van der Waals surface area contributed by atoms with Gasteiger partial charge in [-0.05, 0) is 46.3 Å². The van der Waals surface area contributed by atoms with E-state index in [4.69, 9.17) is 5.73 Å². The van der Waals surface area contributed by atoms with Gasteiger partial charge in [-0.25, -0.2) is 13.8 Å². The molecule has 146 valence electrons. The minimum Gasteiger partial charge on any atom is -0.383 e. The Morgan fingerprint density at radius 3 is 2.59 bits per heavy atom. The molecule has 0 fully saturated rings. The third kappa shape index (κ3) is 3.38. The van der Waals surface area contributed by atoms with Crippen LogP contribution < -0.4 is 10.6 Å². The molecule has 0 aliphatic heterocycles. The summed E-state index contributed by atoms with van der Waals surface area (Å²) < 4.78 is 29.1. The van der Waals surface area contributed by atoms with Gasteiger partial charge in [0.25, 0.3) is 0 Å². The molecule has 0 unspecified atom stereocenters. The molecule has 9 heteroatoms. The lowest BCUT2D eigenvalue weighted by molar-refractivity contribution is 0.501. The van der Waals surface area contributed by atoms with Crippen LogP contribution in [0.15, 0.2) is 54.7 Å². The summed E-state index contributed by atoms with van der Waals surface area (Å²) in [6, 6.07) is 13.4. The fourth-order valence-corrected chi connectivity index (χ4v) is 2.95. The van der Waals surface area contributed by atoms with Crippen molar-refractivity contribution >= 4 is 11.5 Å². The van der Waals surface area contributed by atoms with Crippen LogP contribution in [0.4, 0.5) is 20.3 Å². The number of hydrogen-bond donors (Lipinski definition) is 1. The van der Waals surface area contributed by atoms with Crippen LogP contribution in [-0.4, -0.2) is 39.3 Å². The van der Waals surface area contributed by atoms with Gasteiger partial charge in [0.05, 0.1) is 5.56 Å². The molecule has 0 aliphatic rings. The number of tetrazole rings is 1. The Labute approximate surface area is 165 Å². The van der Waals surface area contributed by atoms with Gasteiger partial charge in [-0.15, -0.1) is 5.10 Å². The van der Waals surface area contributed by atoms with Crippen LogP contribution in [0.2, 0.25) is 0 Å². The Morgan fingerprint density at radius 2 is 1.79 bits per heavy atom. The van der Waals surface area contributed by atoms with Crippen molar-refractivity contribution in [1.29, 1.82) is 0 Å². The van der Waals surface area contributed by atoms with Gasteiger partial charge in [0.15, 0.2) is 17.5 Å². The molecule has 0 saturated heterocycles. The Kier molecular flexibility index (Phi) is 4.63. The number of hydrogen-bond acceptors (Lipinski definition) is 6. The molecule has 0 atom stereocenters. The molecule has 0 saturated carbocycles. The number of pyridine rings is 1. The van der Waals surface area contributed by atoms with E-state index in [9.17, 15) is 8.78 Å². The summed E-state index contributed by atoms with van der Waals surface area (Å²) in [7, 11) is 3.90.